The molecule has 48 valence electrons. The van der Waals surface area contributed by atoms with Crippen molar-refractivity contribution in [2.75, 3.05) is 0 Å². The first kappa shape index (κ1) is 6.53. The second-order valence-electron chi connectivity index (χ2n) is 1.42. The van der Waals surface area contributed by atoms with Crippen molar-refractivity contribution < 1.29 is 0 Å². The van der Waals surface area contributed by atoms with Crippen LogP contribution in [0.5, 0.6) is 0 Å². The van der Waals surface area contributed by atoms with E-state index in [-0.39, 0.29) is 5.56 Å². The Morgan fingerprint density at radius 2 is 2.22 bits per heavy atom. The zero-order valence-electron chi connectivity index (χ0n) is 4.30. The molecule has 9 heavy (non-hydrogen) atoms. The molecule has 0 amide bonds. The van der Waals surface area contributed by atoms with Crippen molar-refractivity contribution in [1.29, 1.82) is 0 Å². The van der Waals surface area contributed by atoms with E-state index in [0.717, 1.165) is 0 Å². The average Bonchev–Trinajstić information content (AvgIpc) is 1.80. The fourth-order valence-corrected chi connectivity index (χ4v) is 0.683. The van der Waals surface area contributed by atoms with Crippen LogP contribution in [-0.2, 0) is 0 Å². The van der Waals surface area contributed by atoms with Gasteiger partial charge in [0, 0.05) is 12.3 Å². The molecule has 0 aliphatic heterocycles. The zero-order chi connectivity index (χ0) is 6.85. The maximum atomic E-state index is 10.5. The van der Waals surface area contributed by atoms with E-state index in [2.05, 4.69) is 4.98 Å². The van der Waals surface area contributed by atoms with E-state index in [4.69, 9.17) is 0 Å². The number of aromatic nitrogens is 2. The van der Waals surface area contributed by atoms with Gasteiger partial charge in [0.25, 0.3) is 5.56 Å². The molecule has 0 saturated heterocycles. The van der Waals surface area contributed by atoms with E-state index in [9.17, 15) is 9.59 Å². The Labute approximate surface area is 64.0 Å². The SMILES string of the molecule is O=c1ccn(I)c(=O)[nH]1. The predicted molar refractivity (Wildman–Crippen MR) is 40.7 cm³/mol. The molecule has 1 aromatic rings. The maximum absolute atomic E-state index is 10.5. The third kappa shape index (κ3) is 1.41. The number of hydrogen-bond donors (Lipinski definition) is 1. The van der Waals surface area contributed by atoms with E-state index < -0.39 is 5.69 Å². The van der Waals surface area contributed by atoms with Gasteiger partial charge in [-0.25, -0.2) is 7.58 Å². The van der Waals surface area contributed by atoms with Gasteiger partial charge >= 0.3 is 5.69 Å². The van der Waals surface area contributed by atoms with Gasteiger partial charge < -0.3 is 0 Å². The molecule has 0 aliphatic carbocycles. The number of aromatic amines is 1. The molecule has 0 fully saturated rings. The summed E-state index contributed by atoms with van der Waals surface area (Å²) in [5.41, 5.74) is -0.768. The summed E-state index contributed by atoms with van der Waals surface area (Å²) in [4.78, 5) is 23.0. The number of nitrogens with zero attached hydrogens (tertiary/aromatic N) is 1. The standard InChI is InChI=1S/C4H3IN2O2/c5-7-2-1-3(8)6-4(7)9/h1-2H,(H,6,8,9). The molecule has 0 spiro atoms. The van der Waals surface area contributed by atoms with Crippen LogP contribution in [0.4, 0.5) is 0 Å². The van der Waals surface area contributed by atoms with Gasteiger partial charge in [0.05, 0.1) is 22.9 Å². The second-order valence-corrected chi connectivity index (χ2v) is 2.46. The van der Waals surface area contributed by atoms with E-state index in [0.29, 0.717) is 0 Å². The lowest BCUT2D eigenvalue weighted by Crippen LogP contribution is -2.23. The number of nitrogens with one attached hydrogen (secondary N) is 1. The van der Waals surface area contributed by atoms with Gasteiger partial charge in [-0.3, -0.25) is 9.78 Å². The van der Waals surface area contributed by atoms with Crippen LogP contribution in [0.15, 0.2) is 21.9 Å². The molecule has 1 rings (SSSR count). The molecule has 0 aromatic carbocycles. The fraction of sp³-hybridized carbons (Fsp3) is 0. The van der Waals surface area contributed by atoms with Crippen LogP contribution in [0.25, 0.3) is 0 Å². The summed E-state index contributed by atoms with van der Waals surface area (Å²) in [6.07, 6.45) is 1.40. The van der Waals surface area contributed by atoms with Gasteiger partial charge in [0.2, 0.25) is 0 Å². The van der Waals surface area contributed by atoms with Crippen molar-refractivity contribution in [1.82, 2.24) is 7.76 Å². The summed E-state index contributed by atoms with van der Waals surface area (Å²) >= 11 is 1.78. The summed E-state index contributed by atoms with van der Waals surface area (Å²) in [5, 5.41) is 0. The Bertz CT molecular complexity index is 313. The molecule has 0 radical (unpaired) electrons. The lowest BCUT2D eigenvalue weighted by Gasteiger charge is -1.86. The van der Waals surface area contributed by atoms with Gasteiger partial charge in [-0.1, -0.05) is 0 Å². The summed E-state index contributed by atoms with van der Waals surface area (Å²) in [6.45, 7) is 0. The van der Waals surface area contributed by atoms with Gasteiger partial charge in [0.15, 0.2) is 0 Å². The molecule has 4 nitrogen and oxygen atoms in total. The summed E-state index contributed by atoms with van der Waals surface area (Å²) in [7, 11) is 0. The molecule has 1 aromatic heterocycles. The van der Waals surface area contributed by atoms with Crippen molar-refractivity contribution >= 4 is 22.9 Å². The highest BCUT2D eigenvalue weighted by Crippen LogP contribution is 1.79. The molecule has 0 atom stereocenters. The molecular weight excluding hydrogens is 235 g/mol. The summed E-state index contributed by atoms with van der Waals surface area (Å²) in [5.74, 6) is 0. The number of rotatable bonds is 0. The molecular formula is C4H3IN2O2. The highest BCUT2D eigenvalue weighted by Gasteiger charge is 1.87. The third-order valence-corrected chi connectivity index (χ3v) is 1.54. The zero-order valence-corrected chi connectivity index (χ0v) is 6.45. The molecule has 5 heteroatoms. The average molecular weight is 238 g/mol. The molecule has 0 aliphatic rings. The van der Waals surface area contributed by atoms with Gasteiger partial charge in [-0.2, -0.15) is 0 Å². The molecule has 0 bridgehead atoms. The second kappa shape index (κ2) is 2.34. The number of H-pyrrole nitrogens is 1. The van der Waals surface area contributed by atoms with Crippen LogP contribution in [0.2, 0.25) is 0 Å². The number of halogens is 1. The van der Waals surface area contributed by atoms with Gasteiger partial charge in [-0.15, -0.1) is 0 Å². The van der Waals surface area contributed by atoms with Crippen LogP contribution < -0.4 is 11.2 Å². The van der Waals surface area contributed by atoms with Crippen molar-refractivity contribution in [3.63, 3.8) is 0 Å². The summed E-state index contributed by atoms with van der Waals surface area (Å²) < 4.78 is 1.26. The Morgan fingerprint density at radius 1 is 1.56 bits per heavy atom. The van der Waals surface area contributed by atoms with Crippen molar-refractivity contribution in [3.05, 3.63) is 33.1 Å². The number of hydrogen-bond acceptors (Lipinski definition) is 2. The minimum atomic E-state index is -0.400. The normalized spacial score (nSPS) is 9.44. The monoisotopic (exact) mass is 238 g/mol. The van der Waals surface area contributed by atoms with Crippen molar-refractivity contribution in [3.8, 4) is 0 Å². The lowest BCUT2D eigenvalue weighted by molar-refractivity contribution is 1.02. The largest absolute Gasteiger partial charge is 0.337 e. The Kier molecular flexibility index (Phi) is 1.70. The third-order valence-electron chi connectivity index (χ3n) is 0.781. The highest BCUT2D eigenvalue weighted by atomic mass is 127. The van der Waals surface area contributed by atoms with Crippen molar-refractivity contribution in [2.45, 2.75) is 0 Å². The molecule has 1 N–H and O–H groups in total. The first-order valence-electron chi connectivity index (χ1n) is 2.18. The van der Waals surface area contributed by atoms with Crippen LogP contribution in [0.1, 0.15) is 0 Å². The van der Waals surface area contributed by atoms with Crippen LogP contribution in [-0.4, -0.2) is 7.76 Å². The van der Waals surface area contributed by atoms with E-state index in [1.54, 1.807) is 22.9 Å². The van der Waals surface area contributed by atoms with E-state index >= 15 is 0 Å². The molecule has 0 unspecified atom stereocenters. The van der Waals surface area contributed by atoms with E-state index in [1.165, 1.54) is 15.0 Å². The Morgan fingerprint density at radius 3 is 2.67 bits per heavy atom. The highest BCUT2D eigenvalue weighted by molar-refractivity contribution is 14.1. The van der Waals surface area contributed by atoms with Gasteiger partial charge in [0.1, 0.15) is 0 Å². The minimum Gasteiger partial charge on any atom is -0.273 e. The minimum absolute atomic E-state index is 0.368. The first-order chi connectivity index (χ1) is 4.20. The predicted octanol–water partition coefficient (Wildman–Crippen LogP) is -0.265. The van der Waals surface area contributed by atoms with Crippen molar-refractivity contribution in [2.24, 2.45) is 0 Å². The maximum Gasteiger partial charge on any atom is 0.337 e. The topological polar surface area (TPSA) is 54.9 Å². The van der Waals surface area contributed by atoms with Crippen LogP contribution in [0.3, 0.4) is 0 Å². The molecule has 1 heterocycles. The smallest absolute Gasteiger partial charge is 0.273 e. The lowest BCUT2D eigenvalue weighted by atomic mass is 10.7. The van der Waals surface area contributed by atoms with Gasteiger partial charge in [-0.05, 0) is 0 Å². The quantitative estimate of drug-likeness (QED) is 0.633. The molecule has 0 saturated carbocycles. The summed E-state index contributed by atoms with van der Waals surface area (Å²) in [6, 6.07) is 1.29. The Balaban J connectivity index is 3.52. The fourth-order valence-electron chi connectivity index (χ4n) is 0.401. The van der Waals surface area contributed by atoms with E-state index in [1.807, 2.05) is 0 Å². The first-order valence-corrected chi connectivity index (χ1v) is 3.15. The van der Waals surface area contributed by atoms with Crippen LogP contribution >= 0.6 is 22.9 Å². The van der Waals surface area contributed by atoms with Crippen LogP contribution in [0, 0.1) is 0 Å². The Hall–Kier alpha value is -0.590.